The van der Waals surface area contributed by atoms with Gasteiger partial charge in [-0.25, -0.2) is 4.98 Å². The second-order valence-corrected chi connectivity index (χ2v) is 7.36. The quantitative estimate of drug-likeness (QED) is 0.552. The normalized spacial score (nSPS) is 10.7. The maximum absolute atomic E-state index is 11.1. The van der Waals surface area contributed by atoms with Crippen LogP contribution in [0, 0.1) is 0 Å². The Bertz CT molecular complexity index is 849. The lowest BCUT2D eigenvalue weighted by atomic mass is 10.1. The number of nitrogens with zero attached hydrogens (tertiary/aromatic N) is 1. The van der Waals surface area contributed by atoms with Gasteiger partial charge >= 0.3 is 0 Å². The second-order valence-electron chi connectivity index (χ2n) is 6.26. The molecule has 1 heterocycles. The fraction of sp³-hybridized carbons (Fsp3) is 0.182. The van der Waals surface area contributed by atoms with E-state index in [1.54, 1.807) is 17.8 Å². The summed E-state index contributed by atoms with van der Waals surface area (Å²) in [6.45, 7) is 1.87. The van der Waals surface area contributed by atoms with Crippen LogP contribution in [0.5, 0.6) is 0 Å². The van der Waals surface area contributed by atoms with Crippen LogP contribution < -0.4 is 11.1 Å². The number of nitrogens with one attached hydrogen (secondary N) is 1. The van der Waals surface area contributed by atoms with Crippen molar-refractivity contribution in [3.05, 3.63) is 89.6 Å². The third-order valence-corrected chi connectivity index (χ3v) is 5.12. The zero-order valence-corrected chi connectivity index (χ0v) is 15.9. The van der Waals surface area contributed by atoms with E-state index in [0.717, 1.165) is 35.9 Å². The standard InChI is InChI=1S/C22H23N3OS/c23-22(26)19-10-13-21(25-16-19)27-20-11-8-18(9-12-20)15-24-14-4-7-17-5-2-1-3-6-17/h1-3,5-6,8-13,16,24H,4,7,14-15H2,(H2,23,26). The van der Waals surface area contributed by atoms with Crippen LogP contribution in [-0.2, 0) is 13.0 Å². The first kappa shape index (κ1) is 19.1. The van der Waals surface area contributed by atoms with Crippen LogP contribution in [0.3, 0.4) is 0 Å². The molecule has 5 heteroatoms. The Morgan fingerprint density at radius 3 is 2.41 bits per heavy atom. The maximum Gasteiger partial charge on any atom is 0.250 e. The van der Waals surface area contributed by atoms with Crippen molar-refractivity contribution in [1.29, 1.82) is 0 Å². The zero-order valence-electron chi connectivity index (χ0n) is 15.1. The Labute approximate surface area is 164 Å². The topological polar surface area (TPSA) is 68.0 Å². The highest BCUT2D eigenvalue weighted by molar-refractivity contribution is 7.99. The fourth-order valence-electron chi connectivity index (χ4n) is 2.68. The summed E-state index contributed by atoms with van der Waals surface area (Å²) in [6.07, 6.45) is 3.74. The van der Waals surface area contributed by atoms with Crippen LogP contribution in [0.15, 0.2) is 82.8 Å². The van der Waals surface area contributed by atoms with Gasteiger partial charge < -0.3 is 11.1 Å². The van der Waals surface area contributed by atoms with Crippen molar-refractivity contribution in [2.75, 3.05) is 6.54 Å². The molecule has 0 aliphatic heterocycles. The molecule has 1 amide bonds. The summed E-state index contributed by atoms with van der Waals surface area (Å²) in [5, 5.41) is 4.33. The van der Waals surface area contributed by atoms with Gasteiger partial charge in [0.25, 0.3) is 0 Å². The fourth-order valence-corrected chi connectivity index (χ4v) is 3.43. The molecule has 2 aromatic carbocycles. The van der Waals surface area contributed by atoms with Crippen LogP contribution in [0.1, 0.15) is 27.9 Å². The van der Waals surface area contributed by atoms with Gasteiger partial charge in [-0.3, -0.25) is 4.79 Å². The summed E-state index contributed by atoms with van der Waals surface area (Å²) in [6, 6.07) is 22.5. The number of aromatic nitrogens is 1. The molecule has 0 atom stereocenters. The zero-order chi connectivity index (χ0) is 18.9. The van der Waals surface area contributed by atoms with Gasteiger partial charge in [0, 0.05) is 17.6 Å². The molecule has 138 valence electrons. The van der Waals surface area contributed by atoms with Crippen LogP contribution in [0.4, 0.5) is 0 Å². The van der Waals surface area contributed by atoms with Crippen molar-refractivity contribution >= 4 is 17.7 Å². The number of carbonyl (C=O) groups is 1. The molecule has 27 heavy (non-hydrogen) atoms. The third-order valence-electron chi connectivity index (χ3n) is 4.16. The largest absolute Gasteiger partial charge is 0.366 e. The van der Waals surface area contributed by atoms with Crippen LogP contribution in [-0.4, -0.2) is 17.4 Å². The SMILES string of the molecule is NC(=O)c1ccc(Sc2ccc(CNCCCc3ccccc3)cc2)nc1. The molecule has 4 nitrogen and oxygen atoms in total. The van der Waals surface area contributed by atoms with Crippen molar-refractivity contribution in [2.45, 2.75) is 29.3 Å². The Hall–Kier alpha value is -2.63. The van der Waals surface area contributed by atoms with E-state index in [0.29, 0.717) is 5.56 Å². The van der Waals surface area contributed by atoms with Gasteiger partial charge in [-0.1, -0.05) is 54.2 Å². The number of hydrogen-bond donors (Lipinski definition) is 2. The minimum absolute atomic E-state index is 0.424. The van der Waals surface area contributed by atoms with E-state index >= 15 is 0 Å². The van der Waals surface area contributed by atoms with E-state index in [9.17, 15) is 4.79 Å². The Morgan fingerprint density at radius 1 is 0.963 bits per heavy atom. The van der Waals surface area contributed by atoms with Gasteiger partial charge in [0.1, 0.15) is 5.03 Å². The second kappa shape index (κ2) is 9.90. The van der Waals surface area contributed by atoms with E-state index in [1.807, 2.05) is 6.07 Å². The molecule has 3 aromatic rings. The molecule has 0 saturated carbocycles. The number of aryl methyl sites for hydroxylation is 1. The smallest absolute Gasteiger partial charge is 0.250 e. The van der Waals surface area contributed by atoms with Gasteiger partial charge in [-0.2, -0.15) is 0 Å². The molecule has 3 N–H and O–H groups in total. The summed E-state index contributed by atoms with van der Waals surface area (Å²) in [5.41, 5.74) is 8.30. The molecule has 0 saturated heterocycles. The summed E-state index contributed by atoms with van der Waals surface area (Å²) in [4.78, 5) is 16.5. The van der Waals surface area contributed by atoms with Crippen molar-refractivity contribution in [2.24, 2.45) is 5.73 Å². The first-order chi connectivity index (χ1) is 13.2. The lowest BCUT2D eigenvalue weighted by Crippen LogP contribution is -2.15. The minimum atomic E-state index is -0.459. The predicted molar refractivity (Wildman–Crippen MR) is 110 cm³/mol. The van der Waals surface area contributed by atoms with E-state index in [1.165, 1.54) is 17.3 Å². The van der Waals surface area contributed by atoms with E-state index < -0.39 is 5.91 Å². The highest BCUT2D eigenvalue weighted by Gasteiger charge is 2.03. The Kier molecular flexibility index (Phi) is 7.02. The third kappa shape index (κ3) is 6.24. The first-order valence-electron chi connectivity index (χ1n) is 8.98. The molecule has 1 aromatic heterocycles. The highest BCUT2D eigenvalue weighted by Crippen LogP contribution is 2.26. The number of nitrogens with two attached hydrogens (primary N) is 1. The van der Waals surface area contributed by atoms with E-state index in [4.69, 9.17) is 5.73 Å². The number of amides is 1. The monoisotopic (exact) mass is 377 g/mol. The number of primary amides is 1. The van der Waals surface area contributed by atoms with Gasteiger partial charge in [-0.15, -0.1) is 0 Å². The lowest BCUT2D eigenvalue weighted by Gasteiger charge is -2.07. The van der Waals surface area contributed by atoms with Crippen molar-refractivity contribution < 1.29 is 4.79 Å². The number of hydrogen-bond acceptors (Lipinski definition) is 4. The van der Waals surface area contributed by atoms with E-state index in [2.05, 4.69) is 64.9 Å². The molecule has 3 rings (SSSR count). The van der Waals surface area contributed by atoms with Crippen molar-refractivity contribution in [3.63, 3.8) is 0 Å². The molecular formula is C22H23N3OS. The predicted octanol–water partition coefficient (Wildman–Crippen LogP) is 4.05. The van der Waals surface area contributed by atoms with Gasteiger partial charge in [0.2, 0.25) is 5.91 Å². The first-order valence-corrected chi connectivity index (χ1v) is 9.79. The van der Waals surface area contributed by atoms with Gasteiger partial charge in [0.05, 0.1) is 5.56 Å². The number of benzene rings is 2. The number of rotatable bonds is 9. The van der Waals surface area contributed by atoms with E-state index in [-0.39, 0.29) is 0 Å². The van der Waals surface area contributed by atoms with Crippen LogP contribution in [0.25, 0.3) is 0 Å². The molecule has 0 radical (unpaired) electrons. The molecule has 0 aliphatic carbocycles. The Morgan fingerprint density at radius 2 is 1.74 bits per heavy atom. The molecule has 0 fully saturated rings. The average Bonchev–Trinajstić information content (AvgIpc) is 2.70. The maximum atomic E-state index is 11.1. The molecular weight excluding hydrogens is 354 g/mol. The summed E-state index contributed by atoms with van der Waals surface area (Å²) >= 11 is 1.56. The van der Waals surface area contributed by atoms with Crippen LogP contribution in [0.2, 0.25) is 0 Å². The van der Waals surface area contributed by atoms with Gasteiger partial charge in [-0.05, 0) is 54.8 Å². The molecule has 0 aliphatic rings. The lowest BCUT2D eigenvalue weighted by molar-refractivity contribution is 0.1000. The highest BCUT2D eigenvalue weighted by atomic mass is 32.2. The summed E-state index contributed by atoms with van der Waals surface area (Å²) < 4.78 is 0. The number of carbonyl (C=O) groups excluding carboxylic acids is 1. The van der Waals surface area contributed by atoms with Gasteiger partial charge in [0.15, 0.2) is 0 Å². The Balaban J connectivity index is 1.41. The molecule has 0 spiro atoms. The number of pyridine rings is 1. The van der Waals surface area contributed by atoms with Crippen molar-refractivity contribution in [3.8, 4) is 0 Å². The van der Waals surface area contributed by atoms with Crippen molar-refractivity contribution in [1.82, 2.24) is 10.3 Å². The van der Waals surface area contributed by atoms with Crippen LogP contribution >= 0.6 is 11.8 Å². The molecule has 0 bridgehead atoms. The molecule has 0 unspecified atom stereocenters. The summed E-state index contributed by atoms with van der Waals surface area (Å²) in [7, 11) is 0. The minimum Gasteiger partial charge on any atom is -0.366 e. The summed E-state index contributed by atoms with van der Waals surface area (Å²) in [5.74, 6) is -0.459. The average molecular weight is 378 g/mol.